The number of hydrogen-bond acceptors (Lipinski definition) is 8. The molecule has 1 aliphatic rings. The van der Waals surface area contributed by atoms with Gasteiger partial charge < -0.3 is 20.0 Å². The summed E-state index contributed by atoms with van der Waals surface area (Å²) >= 11 is 0. The molecule has 0 aliphatic carbocycles. The molecular weight excluding hydrogens is 638 g/mol. The number of anilines is 1. The van der Waals surface area contributed by atoms with Crippen LogP contribution in [0.2, 0.25) is 0 Å². The van der Waals surface area contributed by atoms with E-state index < -0.39 is 22.3 Å². The zero-order valence-electron chi connectivity index (χ0n) is 27.3. The van der Waals surface area contributed by atoms with Crippen LogP contribution in [0.5, 0.6) is 0 Å². The first kappa shape index (κ1) is 33.9. The average molecular weight is 674 g/mol. The zero-order chi connectivity index (χ0) is 35.4. The van der Waals surface area contributed by atoms with Crippen LogP contribution in [-0.4, -0.2) is 54.8 Å². The van der Waals surface area contributed by atoms with E-state index in [4.69, 9.17) is 0 Å². The molecule has 0 saturated carbocycles. The van der Waals surface area contributed by atoms with Gasteiger partial charge in [-0.25, -0.2) is 0 Å². The van der Waals surface area contributed by atoms with Crippen molar-refractivity contribution in [3.63, 3.8) is 0 Å². The van der Waals surface area contributed by atoms with E-state index in [9.17, 15) is 34.7 Å². The van der Waals surface area contributed by atoms with Crippen molar-refractivity contribution in [2.75, 3.05) is 18.1 Å². The lowest BCUT2D eigenvalue weighted by molar-refractivity contribution is -0.385. The van der Waals surface area contributed by atoms with Crippen LogP contribution in [0, 0.1) is 16.0 Å². The Bertz CT molecular complexity index is 2170. The Morgan fingerprint density at radius 2 is 1.74 bits per heavy atom. The fourth-order valence-corrected chi connectivity index (χ4v) is 6.31. The summed E-state index contributed by atoms with van der Waals surface area (Å²) in [6, 6.07) is 27.4. The quantitative estimate of drug-likeness (QED) is 0.110. The largest absolute Gasteiger partial charge is 0.395 e. The van der Waals surface area contributed by atoms with Crippen LogP contribution < -0.4 is 10.5 Å². The fourth-order valence-electron chi connectivity index (χ4n) is 6.31. The van der Waals surface area contributed by atoms with E-state index in [0.717, 1.165) is 5.56 Å². The Morgan fingerprint density at radius 3 is 2.50 bits per heavy atom. The topological polar surface area (TPSA) is 159 Å². The van der Waals surface area contributed by atoms with Gasteiger partial charge in [0.1, 0.15) is 0 Å². The number of aromatic nitrogens is 2. The van der Waals surface area contributed by atoms with Gasteiger partial charge in [0.2, 0.25) is 5.91 Å². The van der Waals surface area contributed by atoms with Crippen LogP contribution in [0.4, 0.5) is 11.4 Å². The summed E-state index contributed by atoms with van der Waals surface area (Å²) in [5, 5.41) is 38.9. The van der Waals surface area contributed by atoms with Crippen molar-refractivity contribution >= 4 is 34.0 Å². The van der Waals surface area contributed by atoms with Crippen LogP contribution in [0.25, 0.3) is 16.5 Å². The number of fused-ring (bicyclic) bond motifs is 2. The Morgan fingerprint density at radius 1 is 1.00 bits per heavy atom. The lowest BCUT2D eigenvalue weighted by Crippen LogP contribution is -2.44. The molecule has 50 heavy (non-hydrogen) atoms. The van der Waals surface area contributed by atoms with Gasteiger partial charge in [-0.1, -0.05) is 79.7 Å². The van der Waals surface area contributed by atoms with Crippen LogP contribution in [0.3, 0.4) is 0 Å². The van der Waals surface area contributed by atoms with E-state index in [1.54, 1.807) is 67.7 Å². The molecule has 4 aromatic carbocycles. The number of rotatable bonds is 12. The molecule has 12 nitrogen and oxygen atoms in total. The van der Waals surface area contributed by atoms with E-state index in [2.05, 4.69) is 5.10 Å². The molecule has 2 heterocycles. The molecule has 1 aliphatic heterocycles. The van der Waals surface area contributed by atoms with Crippen molar-refractivity contribution in [2.24, 2.45) is 5.92 Å². The fraction of sp³-hybridized carbons (Fsp3) is 0.211. The van der Waals surface area contributed by atoms with Gasteiger partial charge in [-0.15, -0.1) is 0 Å². The third-order valence-electron chi connectivity index (χ3n) is 8.97. The van der Waals surface area contributed by atoms with E-state index >= 15 is 0 Å². The number of carbonyl (C=O) groups excluding carboxylic acids is 2. The number of aliphatic hydroxyl groups is 2. The monoisotopic (exact) mass is 673 g/mol. The highest BCUT2D eigenvalue weighted by Crippen LogP contribution is 2.47. The number of nitro benzene ring substituents is 1. The van der Waals surface area contributed by atoms with E-state index in [0.29, 0.717) is 34.3 Å². The maximum atomic E-state index is 14.2. The van der Waals surface area contributed by atoms with E-state index in [1.165, 1.54) is 32.7 Å². The second kappa shape index (κ2) is 14.2. The zero-order valence-corrected chi connectivity index (χ0v) is 27.3. The van der Waals surface area contributed by atoms with Crippen molar-refractivity contribution in [1.82, 2.24) is 14.7 Å². The highest BCUT2D eigenvalue weighted by Gasteiger charge is 2.53. The third-order valence-corrected chi connectivity index (χ3v) is 8.97. The first-order valence-corrected chi connectivity index (χ1v) is 16.1. The Balaban J connectivity index is 1.26. The molecule has 2 N–H and O–H groups in total. The normalized spacial score (nSPS) is 16.1. The molecular formula is C38H35N5O7. The van der Waals surface area contributed by atoms with Crippen molar-refractivity contribution in [1.29, 1.82) is 0 Å². The predicted octanol–water partition coefficient (Wildman–Crippen LogP) is 4.63. The van der Waals surface area contributed by atoms with Gasteiger partial charge in [0, 0.05) is 48.5 Å². The highest BCUT2D eigenvalue weighted by molar-refractivity contribution is 6.07. The molecule has 0 bridgehead atoms. The SMILES string of the molecule is C[C@@H](/C=C/CC(=O)N(CCO)Cc1ccccc1)[C@]1(O)C(=O)N(Cc2cccc(-n3ncc4ccccc4c3=O)c2)c2ccc([N+](=O)[O-])cc21. The standard InChI is InChI=1S/C38H35N5O7/c1-26(9-7-16-35(45)40(19-20-44)24-27-10-3-2-4-11-27)38(48)33-22-31(43(49)50)17-18-34(33)41(37(38)47)25-28-12-8-14-30(21-28)42-36(46)32-15-6-5-13-29(32)23-39-42/h2-15,17-18,21-23,26,44,48H,16,19-20,24-25H2,1H3/b9-7+/t26-,38+/m0/s1. The van der Waals surface area contributed by atoms with Gasteiger partial charge in [0.05, 0.1) is 41.0 Å². The molecule has 2 atom stereocenters. The van der Waals surface area contributed by atoms with Crippen LogP contribution >= 0.6 is 0 Å². The van der Waals surface area contributed by atoms with Gasteiger partial charge in [0.15, 0.2) is 5.60 Å². The van der Waals surface area contributed by atoms with Crippen LogP contribution in [-0.2, 0) is 28.3 Å². The van der Waals surface area contributed by atoms with Crippen molar-refractivity contribution in [3.05, 3.63) is 153 Å². The lowest BCUT2D eigenvalue weighted by Gasteiger charge is -2.28. The van der Waals surface area contributed by atoms with E-state index in [-0.39, 0.29) is 48.8 Å². The number of carbonyl (C=O) groups is 2. The van der Waals surface area contributed by atoms with Crippen LogP contribution in [0.15, 0.2) is 120 Å². The smallest absolute Gasteiger partial charge is 0.279 e. The van der Waals surface area contributed by atoms with Gasteiger partial charge in [-0.2, -0.15) is 9.78 Å². The van der Waals surface area contributed by atoms with Gasteiger partial charge in [0.25, 0.3) is 17.2 Å². The van der Waals surface area contributed by atoms with Crippen molar-refractivity contribution in [3.8, 4) is 5.69 Å². The Hall–Kier alpha value is -5.98. The number of aliphatic hydroxyl groups excluding tert-OH is 1. The third kappa shape index (κ3) is 6.53. The first-order valence-electron chi connectivity index (χ1n) is 16.1. The summed E-state index contributed by atoms with van der Waals surface area (Å²) in [5.41, 5.74) is -0.366. The van der Waals surface area contributed by atoms with Crippen LogP contribution in [0.1, 0.15) is 30.0 Å². The van der Waals surface area contributed by atoms with Gasteiger partial charge >= 0.3 is 0 Å². The minimum absolute atomic E-state index is 0.00729. The van der Waals surface area contributed by atoms with Crippen molar-refractivity contribution < 1.29 is 24.7 Å². The maximum absolute atomic E-state index is 14.2. The summed E-state index contributed by atoms with van der Waals surface area (Å²) < 4.78 is 1.28. The molecule has 0 radical (unpaired) electrons. The molecule has 2 amide bonds. The number of nitro groups is 1. The summed E-state index contributed by atoms with van der Waals surface area (Å²) in [4.78, 5) is 54.5. The average Bonchev–Trinajstić information content (AvgIpc) is 3.34. The highest BCUT2D eigenvalue weighted by atomic mass is 16.6. The van der Waals surface area contributed by atoms with Gasteiger partial charge in [-0.3, -0.25) is 24.5 Å². The number of amides is 2. The minimum atomic E-state index is -2.18. The molecule has 254 valence electrons. The molecule has 5 aromatic rings. The van der Waals surface area contributed by atoms with Crippen molar-refractivity contribution in [2.45, 2.75) is 32.0 Å². The summed E-state index contributed by atoms with van der Waals surface area (Å²) in [5.74, 6) is -1.83. The van der Waals surface area contributed by atoms with Gasteiger partial charge in [-0.05, 0) is 35.4 Å². The predicted molar refractivity (Wildman–Crippen MR) is 187 cm³/mol. The molecule has 1 aromatic heterocycles. The lowest BCUT2D eigenvalue weighted by atomic mass is 9.82. The molecule has 6 rings (SSSR count). The second-order valence-corrected chi connectivity index (χ2v) is 12.2. The summed E-state index contributed by atoms with van der Waals surface area (Å²) in [7, 11) is 0. The second-order valence-electron chi connectivity index (χ2n) is 12.2. The maximum Gasteiger partial charge on any atom is 0.279 e. The number of benzene rings is 4. The summed E-state index contributed by atoms with van der Waals surface area (Å²) in [6.07, 6.45) is 4.67. The van der Waals surface area contributed by atoms with E-state index in [1.807, 2.05) is 36.4 Å². The molecule has 0 unspecified atom stereocenters. The minimum Gasteiger partial charge on any atom is -0.395 e. The number of nitrogens with zero attached hydrogens (tertiary/aromatic N) is 5. The summed E-state index contributed by atoms with van der Waals surface area (Å²) in [6.45, 7) is 1.84. The number of non-ortho nitro benzene ring substituents is 1. The molecule has 0 saturated heterocycles. The Kier molecular flexibility index (Phi) is 9.66. The molecule has 0 spiro atoms. The number of hydrogen-bond donors (Lipinski definition) is 2. The molecule has 12 heteroatoms. The molecule has 0 fully saturated rings. The Labute approximate surface area is 287 Å². The first-order chi connectivity index (χ1) is 24.1.